The maximum atomic E-state index is 11.8. The number of hydrogen-bond acceptors (Lipinski definition) is 1. The van der Waals surface area contributed by atoms with E-state index in [1.807, 2.05) is 24.3 Å². The first-order valence-electron chi connectivity index (χ1n) is 8.70. The molecular weight excluding hydrogens is 296 g/mol. The van der Waals surface area contributed by atoms with Crippen molar-refractivity contribution in [1.82, 2.24) is 0 Å². The first kappa shape index (κ1) is 18.0. The van der Waals surface area contributed by atoms with E-state index in [0.717, 1.165) is 53.5 Å². The fourth-order valence-corrected chi connectivity index (χ4v) is 3.14. The van der Waals surface area contributed by atoms with Gasteiger partial charge in [0.05, 0.1) is 5.56 Å². The molecule has 0 aliphatic carbocycles. The van der Waals surface area contributed by atoms with Gasteiger partial charge in [0, 0.05) is 0 Å². The molecule has 0 fully saturated rings. The van der Waals surface area contributed by atoms with Crippen LogP contribution in [0.1, 0.15) is 65.7 Å². The summed E-state index contributed by atoms with van der Waals surface area (Å²) in [5.41, 5.74) is 5.88. The monoisotopic (exact) mass is 322 g/mol. The van der Waals surface area contributed by atoms with Crippen LogP contribution in [0.15, 0.2) is 42.5 Å². The van der Waals surface area contributed by atoms with Crippen LogP contribution in [0.2, 0.25) is 0 Å². The zero-order chi connectivity index (χ0) is 17.5. The topological polar surface area (TPSA) is 37.3 Å². The van der Waals surface area contributed by atoms with Crippen LogP contribution in [-0.4, -0.2) is 11.1 Å². The molecule has 0 atom stereocenters. The summed E-state index contributed by atoms with van der Waals surface area (Å²) in [5, 5.41) is 9.69. The predicted octanol–water partition coefficient (Wildman–Crippen LogP) is 5.99. The van der Waals surface area contributed by atoms with Crippen molar-refractivity contribution in [2.75, 3.05) is 0 Å². The largest absolute Gasteiger partial charge is 0.478 e. The van der Waals surface area contributed by atoms with Crippen LogP contribution in [0, 0.1) is 6.92 Å². The second-order valence-corrected chi connectivity index (χ2v) is 6.13. The summed E-state index contributed by atoms with van der Waals surface area (Å²) < 4.78 is 0. The Hall–Kier alpha value is -2.35. The molecule has 126 valence electrons. The highest BCUT2D eigenvalue weighted by Crippen LogP contribution is 2.32. The minimum absolute atomic E-state index is 0.413. The van der Waals surface area contributed by atoms with Crippen LogP contribution < -0.4 is 0 Å². The Kier molecular flexibility index (Phi) is 6.36. The third-order valence-corrected chi connectivity index (χ3v) is 4.39. The number of rotatable bonds is 7. The number of aryl methyl sites for hydroxylation is 1. The molecule has 0 unspecified atom stereocenters. The highest BCUT2D eigenvalue weighted by molar-refractivity contribution is 5.98. The van der Waals surface area contributed by atoms with Gasteiger partial charge in [-0.05, 0) is 60.1 Å². The van der Waals surface area contributed by atoms with Gasteiger partial charge in [-0.25, -0.2) is 4.79 Å². The number of carboxylic acids is 1. The summed E-state index contributed by atoms with van der Waals surface area (Å²) in [6.07, 6.45) is 6.01. The normalized spacial score (nSPS) is 11.5. The summed E-state index contributed by atoms with van der Waals surface area (Å²) in [7, 11) is 0. The highest BCUT2D eigenvalue weighted by Gasteiger charge is 2.18. The number of unbranched alkanes of at least 4 members (excludes halogenated alkanes) is 1. The van der Waals surface area contributed by atoms with Gasteiger partial charge in [-0.3, -0.25) is 0 Å². The van der Waals surface area contributed by atoms with Gasteiger partial charge < -0.3 is 5.11 Å². The van der Waals surface area contributed by atoms with E-state index in [-0.39, 0.29) is 0 Å². The van der Waals surface area contributed by atoms with Gasteiger partial charge in [0.25, 0.3) is 0 Å². The molecule has 0 amide bonds. The van der Waals surface area contributed by atoms with Crippen LogP contribution in [0.4, 0.5) is 0 Å². The second kappa shape index (κ2) is 8.49. The molecular formula is C22H26O2. The predicted molar refractivity (Wildman–Crippen MR) is 101 cm³/mol. The zero-order valence-electron chi connectivity index (χ0n) is 14.8. The molecule has 2 rings (SSSR count). The number of aromatic carboxylic acids is 1. The first-order chi connectivity index (χ1) is 11.6. The lowest BCUT2D eigenvalue weighted by molar-refractivity contribution is 0.0696. The third-order valence-electron chi connectivity index (χ3n) is 4.39. The van der Waals surface area contributed by atoms with Gasteiger partial charge in [-0.2, -0.15) is 0 Å². The SMILES string of the molecule is CCCCC(=Cc1ccccc1)c1c(C(=O)O)ccc(C)c1CC. The molecule has 24 heavy (non-hydrogen) atoms. The Balaban J connectivity index is 2.67. The maximum absolute atomic E-state index is 11.8. The Bertz CT molecular complexity index is 727. The van der Waals surface area contributed by atoms with E-state index in [1.54, 1.807) is 6.07 Å². The lowest BCUT2D eigenvalue weighted by atomic mass is 9.86. The number of allylic oxidation sites excluding steroid dienone is 1. The van der Waals surface area contributed by atoms with E-state index >= 15 is 0 Å². The van der Waals surface area contributed by atoms with Gasteiger partial charge >= 0.3 is 5.97 Å². The summed E-state index contributed by atoms with van der Waals surface area (Å²) in [5.74, 6) is -0.852. The molecule has 0 saturated heterocycles. The van der Waals surface area contributed by atoms with Crippen molar-refractivity contribution < 1.29 is 9.90 Å². The molecule has 0 aliphatic heterocycles. The lowest BCUT2D eigenvalue weighted by Gasteiger charge is -2.18. The average Bonchev–Trinajstić information content (AvgIpc) is 2.59. The van der Waals surface area contributed by atoms with E-state index in [4.69, 9.17) is 0 Å². The molecule has 2 aromatic rings. The van der Waals surface area contributed by atoms with Crippen molar-refractivity contribution in [3.8, 4) is 0 Å². The Labute approximate surface area is 144 Å². The minimum Gasteiger partial charge on any atom is -0.478 e. The molecule has 0 saturated carbocycles. The van der Waals surface area contributed by atoms with Crippen LogP contribution in [0.5, 0.6) is 0 Å². The maximum Gasteiger partial charge on any atom is 0.336 e. The quantitative estimate of drug-likeness (QED) is 0.636. The summed E-state index contributed by atoms with van der Waals surface area (Å²) in [6, 6.07) is 13.8. The first-order valence-corrected chi connectivity index (χ1v) is 8.70. The van der Waals surface area contributed by atoms with Crippen molar-refractivity contribution in [1.29, 1.82) is 0 Å². The highest BCUT2D eigenvalue weighted by atomic mass is 16.4. The molecule has 0 heterocycles. The fraction of sp³-hybridized carbons (Fsp3) is 0.318. The molecule has 2 nitrogen and oxygen atoms in total. The lowest BCUT2D eigenvalue weighted by Crippen LogP contribution is -2.07. The van der Waals surface area contributed by atoms with Crippen LogP contribution in [0.3, 0.4) is 0 Å². The number of benzene rings is 2. The molecule has 0 bridgehead atoms. The Morgan fingerprint density at radius 2 is 1.79 bits per heavy atom. The van der Waals surface area contributed by atoms with E-state index in [2.05, 4.69) is 39.0 Å². The van der Waals surface area contributed by atoms with Crippen molar-refractivity contribution in [3.05, 3.63) is 70.3 Å². The standard InChI is InChI=1S/C22H26O2/c1-4-6-12-18(15-17-10-8-7-9-11-17)21-19(5-2)16(3)13-14-20(21)22(23)24/h7-11,13-15H,4-6,12H2,1-3H3,(H,23,24). The Morgan fingerprint density at radius 1 is 1.08 bits per heavy atom. The van der Waals surface area contributed by atoms with Gasteiger partial charge in [0.15, 0.2) is 0 Å². The van der Waals surface area contributed by atoms with E-state index in [0.29, 0.717) is 5.56 Å². The molecule has 2 aromatic carbocycles. The van der Waals surface area contributed by atoms with Crippen LogP contribution >= 0.6 is 0 Å². The van der Waals surface area contributed by atoms with Gasteiger partial charge in [0.1, 0.15) is 0 Å². The molecule has 2 heteroatoms. The molecule has 0 spiro atoms. The molecule has 1 N–H and O–H groups in total. The van der Waals surface area contributed by atoms with E-state index in [9.17, 15) is 9.90 Å². The summed E-state index contributed by atoms with van der Waals surface area (Å²) >= 11 is 0. The molecule has 0 radical (unpaired) electrons. The van der Waals surface area contributed by atoms with E-state index < -0.39 is 5.97 Å². The average molecular weight is 322 g/mol. The summed E-state index contributed by atoms with van der Waals surface area (Å²) in [6.45, 7) is 6.32. The van der Waals surface area contributed by atoms with Crippen molar-refractivity contribution in [3.63, 3.8) is 0 Å². The van der Waals surface area contributed by atoms with Crippen molar-refractivity contribution in [2.24, 2.45) is 0 Å². The summed E-state index contributed by atoms with van der Waals surface area (Å²) in [4.78, 5) is 11.8. The number of hydrogen-bond donors (Lipinski definition) is 1. The van der Waals surface area contributed by atoms with Crippen molar-refractivity contribution in [2.45, 2.75) is 46.5 Å². The van der Waals surface area contributed by atoms with Crippen molar-refractivity contribution >= 4 is 17.6 Å². The number of carbonyl (C=O) groups is 1. The molecule has 0 aliphatic rings. The minimum atomic E-state index is -0.852. The van der Waals surface area contributed by atoms with Crippen LogP contribution in [-0.2, 0) is 6.42 Å². The van der Waals surface area contributed by atoms with Crippen LogP contribution in [0.25, 0.3) is 11.6 Å². The third kappa shape index (κ3) is 4.14. The zero-order valence-corrected chi connectivity index (χ0v) is 14.8. The van der Waals surface area contributed by atoms with E-state index in [1.165, 1.54) is 0 Å². The second-order valence-electron chi connectivity index (χ2n) is 6.13. The van der Waals surface area contributed by atoms with Gasteiger partial charge in [0.2, 0.25) is 0 Å². The Morgan fingerprint density at radius 3 is 2.38 bits per heavy atom. The molecule has 0 aromatic heterocycles. The number of carboxylic acid groups (broad SMARTS) is 1. The smallest absolute Gasteiger partial charge is 0.336 e. The van der Waals surface area contributed by atoms with Gasteiger partial charge in [-0.1, -0.05) is 62.7 Å². The van der Waals surface area contributed by atoms with Gasteiger partial charge in [-0.15, -0.1) is 0 Å². The fourth-order valence-electron chi connectivity index (χ4n) is 3.14.